The molecule has 0 aromatic carbocycles. The van der Waals surface area contributed by atoms with Crippen molar-refractivity contribution in [3.05, 3.63) is 18.2 Å². The van der Waals surface area contributed by atoms with Crippen LogP contribution in [0.25, 0.3) is 0 Å². The maximum atomic E-state index is 5.51. The van der Waals surface area contributed by atoms with Gasteiger partial charge in [0, 0.05) is 24.9 Å². The van der Waals surface area contributed by atoms with Crippen molar-refractivity contribution in [1.82, 2.24) is 9.55 Å². The molecule has 0 saturated carbocycles. The summed E-state index contributed by atoms with van der Waals surface area (Å²) in [6, 6.07) is 0. The Balaban J connectivity index is 2.70. The van der Waals surface area contributed by atoms with Gasteiger partial charge in [-0.05, 0) is 12.0 Å². The molecule has 0 radical (unpaired) electrons. The molecule has 0 aliphatic rings. The van der Waals surface area contributed by atoms with Gasteiger partial charge in [-0.15, -0.1) is 0 Å². The van der Waals surface area contributed by atoms with Crippen LogP contribution in [0.3, 0.4) is 0 Å². The van der Waals surface area contributed by atoms with E-state index in [1.807, 2.05) is 12.5 Å². The molecule has 0 unspecified atom stereocenters. The largest absolute Gasteiger partial charge is 0.334 e. The normalized spacial score (nSPS) is 12.0. The standard InChI is InChI=1S/C10H19N3/c1-10(2,3)7-13-8-12-6-9(13)4-5-11/h6,8H,4-5,7,11H2,1-3H3. The van der Waals surface area contributed by atoms with Gasteiger partial charge in [0.25, 0.3) is 0 Å². The van der Waals surface area contributed by atoms with Crippen molar-refractivity contribution in [1.29, 1.82) is 0 Å². The molecule has 3 nitrogen and oxygen atoms in total. The molecule has 0 aliphatic heterocycles. The van der Waals surface area contributed by atoms with Gasteiger partial charge < -0.3 is 10.3 Å². The van der Waals surface area contributed by atoms with E-state index in [0.29, 0.717) is 12.0 Å². The number of aromatic nitrogens is 2. The SMILES string of the molecule is CC(C)(C)Cn1cncc1CCN. The number of nitrogens with zero attached hydrogens (tertiary/aromatic N) is 2. The molecular formula is C10H19N3. The number of nitrogens with two attached hydrogens (primary N) is 1. The molecular weight excluding hydrogens is 162 g/mol. The van der Waals surface area contributed by atoms with E-state index in [1.54, 1.807) is 0 Å². The van der Waals surface area contributed by atoms with Gasteiger partial charge in [0.1, 0.15) is 0 Å². The van der Waals surface area contributed by atoms with Crippen LogP contribution in [0, 0.1) is 5.41 Å². The first-order valence-electron chi connectivity index (χ1n) is 4.72. The molecule has 2 N–H and O–H groups in total. The Kier molecular flexibility index (Phi) is 3.09. The fourth-order valence-electron chi connectivity index (χ4n) is 1.36. The quantitative estimate of drug-likeness (QED) is 0.766. The summed E-state index contributed by atoms with van der Waals surface area (Å²) in [4.78, 5) is 4.13. The summed E-state index contributed by atoms with van der Waals surface area (Å²) in [6.45, 7) is 8.36. The molecule has 1 aromatic rings. The molecule has 0 aliphatic carbocycles. The Bertz CT molecular complexity index is 257. The van der Waals surface area contributed by atoms with E-state index in [-0.39, 0.29) is 0 Å². The predicted molar refractivity (Wildman–Crippen MR) is 54.4 cm³/mol. The lowest BCUT2D eigenvalue weighted by molar-refractivity contribution is 0.338. The minimum atomic E-state index is 0.296. The second-order valence-electron chi connectivity index (χ2n) is 4.61. The van der Waals surface area contributed by atoms with Crippen LogP contribution < -0.4 is 5.73 Å². The van der Waals surface area contributed by atoms with Crippen LogP contribution in [0.1, 0.15) is 26.5 Å². The fourth-order valence-corrected chi connectivity index (χ4v) is 1.36. The van der Waals surface area contributed by atoms with E-state index in [1.165, 1.54) is 5.69 Å². The van der Waals surface area contributed by atoms with Crippen molar-refractivity contribution in [3.8, 4) is 0 Å². The molecule has 1 aromatic heterocycles. The summed E-state index contributed by atoms with van der Waals surface area (Å²) in [5.74, 6) is 0. The highest BCUT2D eigenvalue weighted by Gasteiger charge is 2.12. The predicted octanol–water partition coefficient (Wildman–Crippen LogP) is 1.43. The number of hydrogen-bond acceptors (Lipinski definition) is 2. The van der Waals surface area contributed by atoms with E-state index in [9.17, 15) is 0 Å². The van der Waals surface area contributed by atoms with Crippen LogP contribution >= 0.6 is 0 Å². The third kappa shape index (κ3) is 3.19. The zero-order chi connectivity index (χ0) is 9.90. The first kappa shape index (κ1) is 10.3. The summed E-state index contributed by atoms with van der Waals surface area (Å²) in [7, 11) is 0. The average Bonchev–Trinajstić information content (AvgIpc) is 2.34. The van der Waals surface area contributed by atoms with Crippen molar-refractivity contribution < 1.29 is 0 Å². The second kappa shape index (κ2) is 3.92. The van der Waals surface area contributed by atoms with Gasteiger partial charge in [-0.25, -0.2) is 4.98 Å². The van der Waals surface area contributed by atoms with E-state index in [2.05, 4.69) is 30.3 Å². The van der Waals surface area contributed by atoms with Gasteiger partial charge in [-0.2, -0.15) is 0 Å². The van der Waals surface area contributed by atoms with Gasteiger partial charge in [0.2, 0.25) is 0 Å². The minimum absolute atomic E-state index is 0.296. The van der Waals surface area contributed by atoms with Crippen molar-refractivity contribution >= 4 is 0 Å². The van der Waals surface area contributed by atoms with E-state index >= 15 is 0 Å². The lowest BCUT2D eigenvalue weighted by Crippen LogP contribution is -2.17. The Labute approximate surface area is 80.0 Å². The Morgan fingerprint density at radius 2 is 2.15 bits per heavy atom. The summed E-state index contributed by atoms with van der Waals surface area (Å²) >= 11 is 0. The highest BCUT2D eigenvalue weighted by atomic mass is 15.0. The summed E-state index contributed by atoms with van der Waals surface area (Å²) in [5, 5.41) is 0. The van der Waals surface area contributed by atoms with Gasteiger partial charge in [0.05, 0.1) is 6.33 Å². The number of rotatable bonds is 3. The zero-order valence-corrected chi connectivity index (χ0v) is 8.75. The van der Waals surface area contributed by atoms with Crippen LogP contribution in [-0.2, 0) is 13.0 Å². The minimum Gasteiger partial charge on any atom is -0.334 e. The zero-order valence-electron chi connectivity index (χ0n) is 8.75. The summed E-state index contributed by atoms with van der Waals surface area (Å²) < 4.78 is 2.19. The highest BCUT2D eigenvalue weighted by Crippen LogP contribution is 2.17. The van der Waals surface area contributed by atoms with Crippen molar-refractivity contribution in [2.75, 3.05) is 6.54 Å². The summed E-state index contributed by atoms with van der Waals surface area (Å²) in [6.07, 6.45) is 4.70. The topological polar surface area (TPSA) is 43.8 Å². The smallest absolute Gasteiger partial charge is 0.0948 e. The summed E-state index contributed by atoms with van der Waals surface area (Å²) in [5.41, 5.74) is 7.04. The highest BCUT2D eigenvalue weighted by molar-refractivity contribution is 4.99. The third-order valence-corrected chi connectivity index (χ3v) is 1.84. The van der Waals surface area contributed by atoms with E-state index in [4.69, 9.17) is 5.73 Å². The van der Waals surface area contributed by atoms with Gasteiger partial charge in [0.15, 0.2) is 0 Å². The van der Waals surface area contributed by atoms with E-state index < -0.39 is 0 Å². The second-order valence-corrected chi connectivity index (χ2v) is 4.61. The molecule has 1 heterocycles. The molecule has 74 valence electrons. The third-order valence-electron chi connectivity index (χ3n) is 1.84. The molecule has 3 heteroatoms. The number of hydrogen-bond donors (Lipinski definition) is 1. The molecule has 0 amide bonds. The maximum absolute atomic E-state index is 5.51. The van der Waals surface area contributed by atoms with Gasteiger partial charge in [-0.1, -0.05) is 20.8 Å². The first-order valence-corrected chi connectivity index (χ1v) is 4.72. The van der Waals surface area contributed by atoms with Crippen LogP contribution in [0.4, 0.5) is 0 Å². The Hall–Kier alpha value is -0.830. The fraction of sp³-hybridized carbons (Fsp3) is 0.700. The van der Waals surface area contributed by atoms with Gasteiger partial charge >= 0.3 is 0 Å². The lowest BCUT2D eigenvalue weighted by Gasteiger charge is -2.20. The van der Waals surface area contributed by atoms with Crippen molar-refractivity contribution in [3.63, 3.8) is 0 Å². The molecule has 1 rings (SSSR count). The van der Waals surface area contributed by atoms with Crippen LogP contribution in [0.2, 0.25) is 0 Å². The van der Waals surface area contributed by atoms with Crippen molar-refractivity contribution in [2.45, 2.75) is 33.7 Å². The first-order chi connectivity index (χ1) is 6.03. The Morgan fingerprint density at radius 1 is 1.46 bits per heavy atom. The molecule has 0 fully saturated rings. The van der Waals surface area contributed by atoms with Crippen molar-refractivity contribution in [2.24, 2.45) is 11.1 Å². The lowest BCUT2D eigenvalue weighted by atomic mass is 9.97. The monoisotopic (exact) mass is 181 g/mol. The van der Waals surface area contributed by atoms with Crippen LogP contribution in [-0.4, -0.2) is 16.1 Å². The van der Waals surface area contributed by atoms with Gasteiger partial charge in [-0.3, -0.25) is 0 Å². The number of imidazole rings is 1. The van der Waals surface area contributed by atoms with Crippen LogP contribution in [0.5, 0.6) is 0 Å². The molecule has 0 saturated heterocycles. The molecule has 0 bridgehead atoms. The maximum Gasteiger partial charge on any atom is 0.0948 e. The molecule has 0 spiro atoms. The molecule has 13 heavy (non-hydrogen) atoms. The Morgan fingerprint density at radius 3 is 2.69 bits per heavy atom. The molecule has 0 atom stereocenters. The average molecular weight is 181 g/mol. The van der Waals surface area contributed by atoms with Crippen LogP contribution in [0.15, 0.2) is 12.5 Å². The van der Waals surface area contributed by atoms with E-state index in [0.717, 1.165) is 13.0 Å².